The van der Waals surface area contributed by atoms with E-state index in [1.807, 2.05) is 4.90 Å². The van der Waals surface area contributed by atoms with E-state index in [1.165, 1.54) is 11.0 Å². The number of benzene rings is 1. The van der Waals surface area contributed by atoms with Crippen LogP contribution < -0.4 is 19.8 Å². The Kier molecular flexibility index (Phi) is 5.11. The summed E-state index contributed by atoms with van der Waals surface area (Å²) in [6.07, 6.45) is -0.195. The minimum Gasteiger partial charge on any atom is -0.443 e. The normalized spacial score (nSPS) is 21.5. The number of piperazine rings is 1. The van der Waals surface area contributed by atoms with Crippen molar-refractivity contribution in [2.75, 3.05) is 55.3 Å². The van der Waals surface area contributed by atoms with Crippen molar-refractivity contribution in [3.05, 3.63) is 24.0 Å². The Morgan fingerprint density at radius 2 is 2.08 bits per heavy atom. The molecular formula is C15H21FN4O4S. The summed E-state index contributed by atoms with van der Waals surface area (Å²) in [6, 6.07) is 4.64. The predicted octanol–water partition coefficient (Wildman–Crippen LogP) is 0.110. The van der Waals surface area contributed by atoms with Crippen molar-refractivity contribution < 1.29 is 22.3 Å². The lowest BCUT2D eigenvalue weighted by atomic mass is 10.2. The van der Waals surface area contributed by atoms with E-state index < -0.39 is 28.0 Å². The van der Waals surface area contributed by atoms with Gasteiger partial charge in [0.2, 0.25) is 10.0 Å². The lowest BCUT2D eigenvalue weighted by Crippen LogP contribution is -2.43. The van der Waals surface area contributed by atoms with E-state index in [0.717, 1.165) is 32.4 Å². The van der Waals surface area contributed by atoms with Gasteiger partial charge in [-0.25, -0.2) is 22.3 Å². The standard InChI is InChI=1S/C15H21FN4O4S/c1-25(22,23)18-9-12-10-20(15(21)24-12)11-2-3-14(13(16)8-11)19-6-4-17-5-7-19/h2-3,8,12,17-18H,4-7,9-10H2,1H3/t12-/m0/s1. The van der Waals surface area contributed by atoms with Gasteiger partial charge in [0, 0.05) is 32.7 Å². The summed E-state index contributed by atoms with van der Waals surface area (Å²) in [5, 5.41) is 3.21. The highest BCUT2D eigenvalue weighted by Gasteiger charge is 2.33. The molecule has 0 bridgehead atoms. The summed E-state index contributed by atoms with van der Waals surface area (Å²) in [4.78, 5) is 15.3. The van der Waals surface area contributed by atoms with Crippen molar-refractivity contribution in [2.24, 2.45) is 0 Å². The van der Waals surface area contributed by atoms with Crippen molar-refractivity contribution in [3.63, 3.8) is 0 Å². The van der Waals surface area contributed by atoms with E-state index in [-0.39, 0.29) is 13.1 Å². The van der Waals surface area contributed by atoms with Crippen LogP contribution in [0, 0.1) is 5.82 Å². The number of cyclic esters (lactones) is 1. The van der Waals surface area contributed by atoms with Crippen LogP contribution in [0.3, 0.4) is 0 Å². The van der Waals surface area contributed by atoms with Crippen LogP contribution in [0.5, 0.6) is 0 Å². The van der Waals surface area contributed by atoms with Gasteiger partial charge in [0.25, 0.3) is 0 Å². The number of carbonyl (C=O) groups excluding carboxylic acids is 1. The number of halogens is 1. The predicted molar refractivity (Wildman–Crippen MR) is 91.9 cm³/mol. The number of sulfonamides is 1. The molecule has 0 saturated carbocycles. The largest absolute Gasteiger partial charge is 0.443 e. The quantitative estimate of drug-likeness (QED) is 0.762. The van der Waals surface area contributed by atoms with E-state index in [4.69, 9.17) is 4.74 Å². The molecule has 2 heterocycles. The van der Waals surface area contributed by atoms with E-state index in [2.05, 4.69) is 10.0 Å². The van der Waals surface area contributed by atoms with E-state index in [1.54, 1.807) is 12.1 Å². The van der Waals surface area contributed by atoms with Gasteiger partial charge in [-0.15, -0.1) is 0 Å². The molecule has 0 radical (unpaired) electrons. The molecule has 138 valence electrons. The molecule has 1 aromatic rings. The third-order valence-electron chi connectivity index (χ3n) is 4.15. The Hall–Kier alpha value is -1.91. The molecule has 2 saturated heterocycles. The van der Waals surface area contributed by atoms with Gasteiger partial charge >= 0.3 is 6.09 Å². The minimum absolute atomic E-state index is 0.0115. The molecule has 3 rings (SSSR count). The maximum Gasteiger partial charge on any atom is 0.414 e. The first-order valence-corrected chi connectivity index (χ1v) is 9.90. The number of nitrogens with one attached hydrogen (secondary N) is 2. The van der Waals surface area contributed by atoms with Crippen molar-refractivity contribution in [1.82, 2.24) is 10.0 Å². The summed E-state index contributed by atoms with van der Waals surface area (Å²) in [5.41, 5.74) is 0.899. The third-order valence-corrected chi connectivity index (χ3v) is 4.84. The monoisotopic (exact) mass is 372 g/mol. The molecule has 0 spiro atoms. The molecule has 0 aliphatic carbocycles. The fourth-order valence-corrected chi connectivity index (χ4v) is 3.40. The molecule has 2 N–H and O–H groups in total. The van der Waals surface area contributed by atoms with Gasteiger partial charge in [-0.2, -0.15) is 0 Å². The van der Waals surface area contributed by atoms with Crippen LogP contribution in [0.15, 0.2) is 18.2 Å². The van der Waals surface area contributed by atoms with Crippen LogP contribution in [0.1, 0.15) is 0 Å². The summed E-state index contributed by atoms with van der Waals surface area (Å²) in [7, 11) is -3.37. The average molecular weight is 372 g/mol. The molecule has 1 atom stereocenters. The zero-order valence-electron chi connectivity index (χ0n) is 13.9. The average Bonchev–Trinajstić information content (AvgIpc) is 2.94. The SMILES string of the molecule is CS(=O)(=O)NC[C@H]1CN(c2ccc(N3CCNCC3)c(F)c2)C(=O)O1. The maximum absolute atomic E-state index is 14.5. The number of anilines is 2. The van der Waals surface area contributed by atoms with Crippen LogP contribution in [0.4, 0.5) is 20.6 Å². The molecule has 8 nitrogen and oxygen atoms in total. The second kappa shape index (κ2) is 7.14. The van der Waals surface area contributed by atoms with Crippen LogP contribution >= 0.6 is 0 Å². The molecule has 2 aliphatic heterocycles. The zero-order chi connectivity index (χ0) is 18.0. The van der Waals surface area contributed by atoms with Crippen LogP contribution in [-0.4, -0.2) is 66.1 Å². The number of carbonyl (C=O) groups is 1. The summed E-state index contributed by atoms with van der Waals surface area (Å²) >= 11 is 0. The molecule has 2 fully saturated rings. The first-order chi connectivity index (χ1) is 11.8. The highest BCUT2D eigenvalue weighted by atomic mass is 32.2. The zero-order valence-corrected chi connectivity index (χ0v) is 14.7. The Morgan fingerprint density at radius 1 is 1.36 bits per heavy atom. The summed E-state index contributed by atoms with van der Waals surface area (Å²) < 4.78 is 44.2. The van der Waals surface area contributed by atoms with Crippen LogP contribution in [0.2, 0.25) is 0 Å². The Labute approximate surface area is 146 Å². The molecule has 0 unspecified atom stereocenters. The number of nitrogens with zero attached hydrogens (tertiary/aromatic N) is 2. The van der Waals surface area contributed by atoms with Gasteiger partial charge in [-0.1, -0.05) is 0 Å². The van der Waals surface area contributed by atoms with E-state index in [9.17, 15) is 17.6 Å². The van der Waals surface area contributed by atoms with Gasteiger partial charge in [-0.3, -0.25) is 4.90 Å². The second-order valence-corrected chi connectivity index (χ2v) is 7.94. The maximum atomic E-state index is 14.5. The molecule has 2 aliphatic rings. The van der Waals surface area contributed by atoms with Gasteiger partial charge in [0.1, 0.15) is 11.9 Å². The molecular weight excluding hydrogens is 351 g/mol. The first kappa shape index (κ1) is 17.9. The number of ether oxygens (including phenoxy) is 1. The van der Waals surface area contributed by atoms with Gasteiger partial charge < -0.3 is 15.0 Å². The highest BCUT2D eigenvalue weighted by molar-refractivity contribution is 7.88. The minimum atomic E-state index is -3.37. The molecule has 25 heavy (non-hydrogen) atoms. The first-order valence-electron chi connectivity index (χ1n) is 8.01. The molecule has 1 aromatic carbocycles. The van der Waals surface area contributed by atoms with Crippen molar-refractivity contribution in [2.45, 2.75) is 6.10 Å². The van der Waals surface area contributed by atoms with Crippen molar-refractivity contribution in [3.8, 4) is 0 Å². The van der Waals surface area contributed by atoms with Gasteiger partial charge in [-0.05, 0) is 18.2 Å². The Balaban J connectivity index is 1.69. The van der Waals surface area contributed by atoms with Crippen molar-refractivity contribution in [1.29, 1.82) is 0 Å². The Morgan fingerprint density at radius 3 is 2.72 bits per heavy atom. The van der Waals surface area contributed by atoms with Gasteiger partial charge in [0.05, 0.1) is 24.2 Å². The summed E-state index contributed by atoms with van der Waals surface area (Å²) in [6.45, 7) is 3.20. The lowest BCUT2D eigenvalue weighted by molar-refractivity contribution is 0.143. The summed E-state index contributed by atoms with van der Waals surface area (Å²) in [5.74, 6) is -0.398. The number of amides is 1. The topological polar surface area (TPSA) is 91.0 Å². The van der Waals surface area contributed by atoms with Crippen LogP contribution in [0.25, 0.3) is 0 Å². The van der Waals surface area contributed by atoms with Crippen molar-refractivity contribution >= 4 is 27.5 Å². The lowest BCUT2D eigenvalue weighted by Gasteiger charge is -2.30. The van der Waals surface area contributed by atoms with Crippen LogP contribution in [-0.2, 0) is 14.8 Å². The molecule has 0 aromatic heterocycles. The second-order valence-electron chi connectivity index (χ2n) is 6.11. The molecule has 10 heteroatoms. The fourth-order valence-electron chi connectivity index (χ4n) is 2.91. The number of hydrogen-bond donors (Lipinski definition) is 2. The number of rotatable bonds is 5. The molecule has 1 amide bonds. The van der Waals surface area contributed by atoms with Gasteiger partial charge in [0.15, 0.2) is 0 Å². The van der Waals surface area contributed by atoms with E-state index in [0.29, 0.717) is 11.4 Å². The number of hydrogen-bond acceptors (Lipinski definition) is 6. The highest BCUT2D eigenvalue weighted by Crippen LogP contribution is 2.28. The third kappa shape index (κ3) is 4.39. The van der Waals surface area contributed by atoms with E-state index >= 15 is 0 Å². The fraction of sp³-hybridized carbons (Fsp3) is 0.533. The Bertz CT molecular complexity index is 752. The smallest absolute Gasteiger partial charge is 0.414 e.